The molecular weight excluding hydrogens is 340 g/mol. The molecule has 0 spiro atoms. The first-order chi connectivity index (χ1) is 9.65. The summed E-state index contributed by atoms with van der Waals surface area (Å²) in [6, 6.07) is 3.51. The monoisotopic (exact) mass is 358 g/mol. The van der Waals surface area contributed by atoms with E-state index in [0.717, 1.165) is 0 Å². The summed E-state index contributed by atoms with van der Waals surface area (Å²) < 4.78 is 5.75. The van der Waals surface area contributed by atoms with Gasteiger partial charge in [-0.25, -0.2) is 9.59 Å². The van der Waals surface area contributed by atoms with Gasteiger partial charge < -0.3 is 20.5 Å². The highest BCUT2D eigenvalue weighted by Crippen LogP contribution is 2.27. The molecule has 1 aromatic carbocycles. The van der Waals surface area contributed by atoms with Crippen molar-refractivity contribution in [2.24, 2.45) is 5.41 Å². The number of benzene rings is 1. The zero-order chi connectivity index (χ0) is 16.2. The molecule has 0 aromatic heterocycles. The third-order valence-electron chi connectivity index (χ3n) is 2.81. The van der Waals surface area contributed by atoms with E-state index in [0.29, 0.717) is 15.9 Å². The van der Waals surface area contributed by atoms with Crippen molar-refractivity contribution in [1.82, 2.24) is 5.32 Å². The molecule has 0 heterocycles. The van der Waals surface area contributed by atoms with Gasteiger partial charge in [-0.3, -0.25) is 0 Å². The second kappa shape index (κ2) is 6.80. The number of hydrogen-bond donors (Lipinski definition) is 3. The van der Waals surface area contributed by atoms with E-state index in [1.165, 1.54) is 7.11 Å². The van der Waals surface area contributed by atoms with Crippen LogP contribution >= 0.6 is 15.9 Å². The van der Waals surface area contributed by atoms with Crippen molar-refractivity contribution in [3.63, 3.8) is 0 Å². The summed E-state index contributed by atoms with van der Waals surface area (Å²) in [6.07, 6.45) is 0. The van der Waals surface area contributed by atoms with Crippen LogP contribution < -0.4 is 15.4 Å². The van der Waals surface area contributed by atoms with Crippen LogP contribution in [0, 0.1) is 5.41 Å². The predicted molar refractivity (Wildman–Crippen MR) is 83.7 cm³/mol. The molecule has 3 N–H and O–H groups in total. The van der Waals surface area contributed by atoms with Crippen molar-refractivity contribution < 1.29 is 19.4 Å². The van der Waals surface area contributed by atoms with Crippen molar-refractivity contribution in [1.29, 1.82) is 0 Å². The van der Waals surface area contributed by atoms with Crippen LogP contribution in [0.5, 0.6) is 5.75 Å². The quantitative estimate of drug-likeness (QED) is 0.771. The fraction of sp³-hybridized carbons (Fsp3) is 0.429. The van der Waals surface area contributed by atoms with E-state index in [1.54, 1.807) is 39.0 Å². The third kappa shape index (κ3) is 4.93. The number of carbonyl (C=O) groups excluding carboxylic acids is 1. The Labute approximate surface area is 132 Å². The fourth-order valence-electron chi connectivity index (χ4n) is 1.67. The van der Waals surface area contributed by atoms with E-state index >= 15 is 0 Å². The topological polar surface area (TPSA) is 87.7 Å². The summed E-state index contributed by atoms with van der Waals surface area (Å²) in [5.41, 5.74) is -0.112. The lowest BCUT2D eigenvalue weighted by molar-refractivity contribution is -0.141. The Morgan fingerprint density at radius 1 is 1.33 bits per heavy atom. The van der Waals surface area contributed by atoms with Gasteiger partial charge in [0.25, 0.3) is 0 Å². The number of rotatable bonds is 4. The maximum atomic E-state index is 12.0. The molecule has 0 radical (unpaired) electrons. The summed E-state index contributed by atoms with van der Waals surface area (Å²) in [5.74, 6) is -0.499. The Balaban J connectivity index is 2.84. The van der Waals surface area contributed by atoms with Crippen LogP contribution in [0.3, 0.4) is 0 Å². The van der Waals surface area contributed by atoms with Crippen molar-refractivity contribution in [3.05, 3.63) is 22.7 Å². The average molecular weight is 359 g/mol. The molecule has 116 valence electrons. The molecule has 0 fully saturated rings. The summed E-state index contributed by atoms with van der Waals surface area (Å²) in [5, 5.41) is 14.2. The number of urea groups is 1. The molecule has 7 heteroatoms. The molecule has 21 heavy (non-hydrogen) atoms. The molecular formula is C14H19BrN2O4. The smallest absolute Gasteiger partial charge is 0.326 e. The van der Waals surface area contributed by atoms with Crippen LogP contribution in [0.1, 0.15) is 20.8 Å². The largest absolute Gasteiger partial charge is 0.497 e. The van der Waals surface area contributed by atoms with Gasteiger partial charge in [-0.05, 0) is 33.5 Å². The van der Waals surface area contributed by atoms with Crippen LogP contribution in [0.15, 0.2) is 22.7 Å². The van der Waals surface area contributed by atoms with E-state index in [2.05, 4.69) is 26.6 Å². The molecule has 0 aliphatic rings. The van der Waals surface area contributed by atoms with Gasteiger partial charge in [0, 0.05) is 10.5 Å². The third-order valence-corrected chi connectivity index (χ3v) is 3.50. The van der Waals surface area contributed by atoms with E-state index in [-0.39, 0.29) is 0 Å². The zero-order valence-corrected chi connectivity index (χ0v) is 13.9. The predicted octanol–water partition coefficient (Wildman–Crippen LogP) is 3.08. The number of ether oxygens (including phenoxy) is 1. The second-order valence-electron chi connectivity index (χ2n) is 5.58. The van der Waals surface area contributed by atoms with Gasteiger partial charge in [-0.1, -0.05) is 20.8 Å². The Hall–Kier alpha value is -1.76. The van der Waals surface area contributed by atoms with Crippen LogP contribution in [-0.2, 0) is 4.79 Å². The van der Waals surface area contributed by atoms with Gasteiger partial charge >= 0.3 is 12.0 Å². The Bertz CT molecular complexity index is 540. The maximum absolute atomic E-state index is 12.0. The molecule has 0 bridgehead atoms. The first-order valence-corrected chi connectivity index (χ1v) is 7.08. The SMILES string of the molecule is COc1ccc(Br)c(NC(=O)N[C@@H](C(=O)O)C(C)(C)C)c1. The van der Waals surface area contributed by atoms with Crippen molar-refractivity contribution >= 4 is 33.6 Å². The van der Waals surface area contributed by atoms with E-state index in [1.807, 2.05) is 0 Å². The number of halogens is 1. The van der Waals surface area contributed by atoms with Crippen molar-refractivity contribution in [2.75, 3.05) is 12.4 Å². The Kier molecular flexibility index (Phi) is 5.60. The average Bonchev–Trinajstić information content (AvgIpc) is 2.37. The van der Waals surface area contributed by atoms with Gasteiger partial charge in [0.15, 0.2) is 0 Å². The minimum absolute atomic E-state index is 0.491. The van der Waals surface area contributed by atoms with Crippen molar-refractivity contribution in [3.8, 4) is 5.75 Å². The van der Waals surface area contributed by atoms with Crippen LogP contribution in [0.25, 0.3) is 0 Å². The summed E-state index contributed by atoms with van der Waals surface area (Å²) >= 11 is 3.31. The maximum Gasteiger partial charge on any atom is 0.326 e. The molecule has 0 saturated heterocycles. The lowest BCUT2D eigenvalue weighted by atomic mass is 9.87. The van der Waals surface area contributed by atoms with E-state index in [4.69, 9.17) is 4.74 Å². The first kappa shape index (κ1) is 17.3. The number of aliphatic carboxylic acids is 1. The summed E-state index contributed by atoms with van der Waals surface area (Å²) in [6.45, 7) is 5.23. The van der Waals surface area contributed by atoms with Crippen LogP contribution in [0.4, 0.5) is 10.5 Å². The molecule has 1 rings (SSSR count). The zero-order valence-electron chi connectivity index (χ0n) is 12.4. The lowest BCUT2D eigenvalue weighted by Crippen LogP contribution is -2.50. The number of hydrogen-bond acceptors (Lipinski definition) is 3. The van der Waals surface area contributed by atoms with Gasteiger partial charge in [0.2, 0.25) is 0 Å². The number of amides is 2. The molecule has 0 unspecified atom stereocenters. The molecule has 1 atom stereocenters. The minimum Gasteiger partial charge on any atom is -0.497 e. The highest BCUT2D eigenvalue weighted by molar-refractivity contribution is 9.10. The summed E-state index contributed by atoms with van der Waals surface area (Å²) in [7, 11) is 1.52. The molecule has 1 aromatic rings. The second-order valence-corrected chi connectivity index (χ2v) is 6.44. The highest BCUT2D eigenvalue weighted by atomic mass is 79.9. The number of anilines is 1. The molecule has 0 aliphatic carbocycles. The Morgan fingerprint density at radius 2 is 1.95 bits per heavy atom. The highest BCUT2D eigenvalue weighted by Gasteiger charge is 2.32. The number of carboxylic acids is 1. The fourth-order valence-corrected chi connectivity index (χ4v) is 2.01. The van der Waals surface area contributed by atoms with E-state index < -0.39 is 23.5 Å². The molecule has 0 saturated carbocycles. The minimum atomic E-state index is -1.08. The first-order valence-electron chi connectivity index (χ1n) is 6.29. The number of carbonyl (C=O) groups is 2. The van der Waals surface area contributed by atoms with Crippen LogP contribution in [0.2, 0.25) is 0 Å². The molecule has 0 aliphatic heterocycles. The normalized spacial score (nSPS) is 12.4. The van der Waals surface area contributed by atoms with Crippen molar-refractivity contribution in [2.45, 2.75) is 26.8 Å². The van der Waals surface area contributed by atoms with Gasteiger partial charge in [0.05, 0.1) is 12.8 Å². The Morgan fingerprint density at radius 3 is 2.43 bits per heavy atom. The van der Waals surface area contributed by atoms with Crippen LogP contribution in [-0.4, -0.2) is 30.3 Å². The van der Waals surface area contributed by atoms with E-state index in [9.17, 15) is 14.7 Å². The number of nitrogens with one attached hydrogen (secondary N) is 2. The summed E-state index contributed by atoms with van der Waals surface area (Å²) in [4.78, 5) is 23.2. The molecule has 6 nitrogen and oxygen atoms in total. The standard InChI is InChI=1S/C14H19BrN2O4/c1-14(2,3)11(12(18)19)17-13(20)16-10-7-8(21-4)5-6-9(10)15/h5-7,11H,1-4H3,(H,18,19)(H2,16,17,20)/t11-/m0/s1. The lowest BCUT2D eigenvalue weighted by Gasteiger charge is -2.27. The van der Waals surface area contributed by atoms with Gasteiger partial charge in [-0.15, -0.1) is 0 Å². The van der Waals surface area contributed by atoms with Gasteiger partial charge in [0.1, 0.15) is 11.8 Å². The number of carboxylic acid groups (broad SMARTS) is 1. The molecule has 2 amide bonds. The van der Waals surface area contributed by atoms with Gasteiger partial charge in [-0.2, -0.15) is 0 Å². The number of methoxy groups -OCH3 is 1.